The Kier molecular flexibility index (Phi) is 8.20. The van der Waals surface area contributed by atoms with E-state index >= 15 is 0 Å². The van der Waals surface area contributed by atoms with Crippen molar-refractivity contribution in [2.45, 2.75) is 25.7 Å². The standard InChI is InChI=1S/C26H28N2O5S/c1-4-28(5-2)34(31,32)23-16-11-19(3)24(17-23)27-25(29)18-33-22-14-12-21(13-15-22)26(30)20-9-7-6-8-10-20/h6-17H,4-5,18H2,1-3H3,(H,27,29). The molecule has 0 radical (unpaired) electrons. The minimum atomic E-state index is -3.64. The topological polar surface area (TPSA) is 92.8 Å². The van der Waals surface area contributed by atoms with Crippen molar-refractivity contribution in [3.05, 3.63) is 89.5 Å². The molecule has 0 saturated carbocycles. The van der Waals surface area contributed by atoms with Crippen LogP contribution in [-0.2, 0) is 14.8 Å². The molecule has 0 saturated heterocycles. The van der Waals surface area contributed by atoms with Gasteiger partial charge in [0.05, 0.1) is 4.90 Å². The summed E-state index contributed by atoms with van der Waals surface area (Å²) in [5.41, 5.74) is 2.25. The molecule has 0 heterocycles. The van der Waals surface area contributed by atoms with Crippen molar-refractivity contribution in [3.63, 3.8) is 0 Å². The van der Waals surface area contributed by atoms with Crippen LogP contribution in [-0.4, -0.2) is 44.1 Å². The molecule has 0 aliphatic heterocycles. The van der Waals surface area contributed by atoms with E-state index in [0.29, 0.717) is 35.7 Å². The van der Waals surface area contributed by atoms with Crippen LogP contribution >= 0.6 is 0 Å². The lowest BCUT2D eigenvalue weighted by molar-refractivity contribution is -0.118. The second-order valence-electron chi connectivity index (χ2n) is 7.62. The summed E-state index contributed by atoms with van der Waals surface area (Å²) in [5.74, 6) is -0.0841. The van der Waals surface area contributed by atoms with Gasteiger partial charge in [-0.3, -0.25) is 9.59 Å². The number of aryl methyl sites for hydroxylation is 1. The average molecular weight is 481 g/mol. The van der Waals surface area contributed by atoms with E-state index in [4.69, 9.17) is 4.74 Å². The van der Waals surface area contributed by atoms with E-state index in [1.165, 1.54) is 16.4 Å². The predicted octanol–water partition coefficient (Wildman–Crippen LogP) is 4.27. The zero-order valence-electron chi connectivity index (χ0n) is 19.4. The lowest BCUT2D eigenvalue weighted by Gasteiger charge is -2.19. The first-order valence-electron chi connectivity index (χ1n) is 11.0. The molecule has 7 nitrogen and oxygen atoms in total. The van der Waals surface area contributed by atoms with Gasteiger partial charge in [-0.25, -0.2) is 8.42 Å². The fourth-order valence-corrected chi connectivity index (χ4v) is 4.89. The van der Waals surface area contributed by atoms with Crippen molar-refractivity contribution in [3.8, 4) is 5.75 Å². The number of hydrogen-bond donors (Lipinski definition) is 1. The van der Waals surface area contributed by atoms with E-state index in [1.807, 2.05) is 6.07 Å². The van der Waals surface area contributed by atoms with Gasteiger partial charge >= 0.3 is 0 Å². The number of sulfonamides is 1. The largest absolute Gasteiger partial charge is 0.484 e. The molecule has 0 unspecified atom stereocenters. The quantitative estimate of drug-likeness (QED) is 0.438. The molecule has 0 fully saturated rings. The summed E-state index contributed by atoms with van der Waals surface area (Å²) in [6.45, 7) is 5.79. The van der Waals surface area contributed by atoms with Gasteiger partial charge < -0.3 is 10.1 Å². The van der Waals surface area contributed by atoms with Gasteiger partial charge in [0.15, 0.2) is 12.4 Å². The summed E-state index contributed by atoms with van der Waals surface area (Å²) in [6, 6.07) is 20.2. The Labute approximate surface area is 200 Å². The number of anilines is 1. The zero-order valence-corrected chi connectivity index (χ0v) is 20.3. The van der Waals surface area contributed by atoms with Crippen LogP contribution in [0.15, 0.2) is 77.7 Å². The Morgan fingerprint density at radius 3 is 2.12 bits per heavy atom. The van der Waals surface area contributed by atoms with Gasteiger partial charge in [0.25, 0.3) is 5.91 Å². The monoisotopic (exact) mass is 480 g/mol. The number of amides is 1. The van der Waals surface area contributed by atoms with Crippen LogP contribution in [0.5, 0.6) is 5.75 Å². The van der Waals surface area contributed by atoms with Crippen LogP contribution in [0.3, 0.4) is 0 Å². The molecule has 34 heavy (non-hydrogen) atoms. The number of carbonyl (C=O) groups excluding carboxylic acids is 2. The maximum atomic E-state index is 12.8. The van der Waals surface area contributed by atoms with E-state index in [2.05, 4.69) is 5.32 Å². The highest BCUT2D eigenvalue weighted by molar-refractivity contribution is 7.89. The Morgan fingerprint density at radius 1 is 0.882 bits per heavy atom. The second-order valence-corrected chi connectivity index (χ2v) is 9.56. The number of benzene rings is 3. The molecule has 8 heteroatoms. The van der Waals surface area contributed by atoms with Crippen molar-refractivity contribution < 1.29 is 22.7 Å². The molecule has 0 aromatic heterocycles. The van der Waals surface area contributed by atoms with Gasteiger partial charge in [-0.2, -0.15) is 4.31 Å². The van der Waals surface area contributed by atoms with Crippen molar-refractivity contribution in [2.24, 2.45) is 0 Å². The third-order valence-electron chi connectivity index (χ3n) is 5.35. The Morgan fingerprint density at radius 2 is 1.50 bits per heavy atom. The number of carbonyl (C=O) groups is 2. The molecule has 3 aromatic rings. The number of rotatable bonds is 10. The summed E-state index contributed by atoms with van der Waals surface area (Å²) in [5, 5.41) is 2.72. The van der Waals surface area contributed by atoms with Crippen LogP contribution in [0.4, 0.5) is 5.69 Å². The lowest BCUT2D eigenvalue weighted by atomic mass is 10.0. The fourth-order valence-electron chi connectivity index (χ4n) is 3.40. The molecule has 3 rings (SSSR count). The summed E-state index contributed by atoms with van der Waals surface area (Å²) < 4.78 is 32.5. The van der Waals surface area contributed by atoms with Crippen molar-refractivity contribution in [2.75, 3.05) is 25.0 Å². The molecule has 0 atom stereocenters. The highest BCUT2D eigenvalue weighted by Crippen LogP contribution is 2.23. The zero-order chi connectivity index (χ0) is 24.7. The van der Waals surface area contributed by atoms with Crippen LogP contribution in [0, 0.1) is 6.92 Å². The smallest absolute Gasteiger partial charge is 0.262 e. The first-order chi connectivity index (χ1) is 16.3. The summed E-state index contributed by atoms with van der Waals surface area (Å²) >= 11 is 0. The predicted molar refractivity (Wildman–Crippen MR) is 132 cm³/mol. The maximum Gasteiger partial charge on any atom is 0.262 e. The van der Waals surface area contributed by atoms with Crippen LogP contribution < -0.4 is 10.1 Å². The van der Waals surface area contributed by atoms with Crippen LogP contribution in [0.1, 0.15) is 35.3 Å². The lowest BCUT2D eigenvalue weighted by Crippen LogP contribution is -2.30. The third kappa shape index (κ3) is 5.89. The van der Waals surface area contributed by atoms with Crippen molar-refractivity contribution in [1.82, 2.24) is 4.31 Å². The van der Waals surface area contributed by atoms with Crippen molar-refractivity contribution in [1.29, 1.82) is 0 Å². The maximum absolute atomic E-state index is 12.8. The molecule has 178 valence electrons. The highest BCUT2D eigenvalue weighted by Gasteiger charge is 2.22. The third-order valence-corrected chi connectivity index (χ3v) is 7.39. The SMILES string of the molecule is CCN(CC)S(=O)(=O)c1ccc(C)c(NC(=O)COc2ccc(C(=O)c3ccccc3)cc2)c1. The number of nitrogens with zero attached hydrogens (tertiary/aromatic N) is 1. The summed E-state index contributed by atoms with van der Waals surface area (Å²) in [6.07, 6.45) is 0. The van der Waals surface area contributed by atoms with E-state index in [1.54, 1.807) is 75.4 Å². The van der Waals surface area contributed by atoms with Gasteiger partial charge in [0.2, 0.25) is 10.0 Å². The molecule has 0 bridgehead atoms. The van der Waals surface area contributed by atoms with Gasteiger partial charge in [-0.15, -0.1) is 0 Å². The summed E-state index contributed by atoms with van der Waals surface area (Å²) in [7, 11) is -3.64. The van der Waals surface area contributed by atoms with Gasteiger partial charge in [0.1, 0.15) is 5.75 Å². The van der Waals surface area contributed by atoms with E-state index < -0.39 is 15.9 Å². The molecular formula is C26H28N2O5S. The number of ketones is 1. The molecule has 3 aromatic carbocycles. The summed E-state index contributed by atoms with van der Waals surface area (Å²) in [4.78, 5) is 25.1. The number of ether oxygens (including phenoxy) is 1. The minimum absolute atomic E-state index is 0.0973. The Balaban J connectivity index is 1.63. The van der Waals surface area contributed by atoms with Gasteiger partial charge in [0, 0.05) is 29.9 Å². The van der Waals surface area contributed by atoms with E-state index in [-0.39, 0.29) is 17.3 Å². The first kappa shape index (κ1) is 25.1. The molecule has 1 amide bonds. The molecule has 0 aliphatic rings. The molecule has 0 spiro atoms. The van der Waals surface area contributed by atoms with E-state index in [9.17, 15) is 18.0 Å². The normalized spacial score (nSPS) is 11.3. The molecular weight excluding hydrogens is 452 g/mol. The van der Waals surface area contributed by atoms with Crippen LogP contribution in [0.2, 0.25) is 0 Å². The highest BCUT2D eigenvalue weighted by atomic mass is 32.2. The van der Waals surface area contributed by atoms with Crippen LogP contribution in [0.25, 0.3) is 0 Å². The number of nitrogens with one attached hydrogen (secondary N) is 1. The van der Waals surface area contributed by atoms with Crippen molar-refractivity contribution >= 4 is 27.4 Å². The van der Waals surface area contributed by atoms with Gasteiger partial charge in [-0.1, -0.05) is 50.2 Å². The fraction of sp³-hybridized carbons (Fsp3) is 0.231. The average Bonchev–Trinajstić information content (AvgIpc) is 2.85. The first-order valence-corrected chi connectivity index (χ1v) is 12.4. The minimum Gasteiger partial charge on any atom is -0.484 e. The van der Waals surface area contributed by atoms with E-state index in [0.717, 1.165) is 5.56 Å². The molecule has 1 N–H and O–H groups in total. The van der Waals surface area contributed by atoms with Gasteiger partial charge in [-0.05, 0) is 48.9 Å². The Bertz CT molecular complexity index is 1250. The Hall–Kier alpha value is -3.49. The number of hydrogen-bond acceptors (Lipinski definition) is 5. The molecule has 0 aliphatic carbocycles. The second kappa shape index (κ2) is 11.1.